The summed E-state index contributed by atoms with van der Waals surface area (Å²) in [5.41, 5.74) is 0.921. The number of esters is 1. The maximum atomic E-state index is 12.9. The molecule has 150 valence electrons. The Morgan fingerprint density at radius 2 is 1.71 bits per heavy atom. The van der Waals surface area contributed by atoms with Crippen LogP contribution in [0.1, 0.15) is 12.5 Å². The second-order valence-corrected chi connectivity index (χ2v) is 7.85. The molecule has 0 radical (unpaired) electrons. The van der Waals surface area contributed by atoms with E-state index in [4.69, 9.17) is 4.74 Å². The van der Waals surface area contributed by atoms with E-state index in [0.717, 1.165) is 29.8 Å². The molecule has 1 atom stereocenters. The summed E-state index contributed by atoms with van der Waals surface area (Å²) in [5.74, 6) is -1.90. The fraction of sp³-hybridized carbons (Fsp3) is 0.263. The van der Waals surface area contributed by atoms with Gasteiger partial charge >= 0.3 is 5.97 Å². The van der Waals surface area contributed by atoms with Crippen LogP contribution < -0.4 is 4.72 Å². The summed E-state index contributed by atoms with van der Waals surface area (Å²) in [5, 5.41) is 0. The van der Waals surface area contributed by atoms with Crippen molar-refractivity contribution in [1.29, 1.82) is 0 Å². The van der Waals surface area contributed by atoms with E-state index in [2.05, 4.69) is 4.72 Å². The van der Waals surface area contributed by atoms with Gasteiger partial charge in [-0.3, -0.25) is 9.59 Å². The topological polar surface area (TPSA) is 92.8 Å². The molecule has 7 nitrogen and oxygen atoms in total. The van der Waals surface area contributed by atoms with Crippen molar-refractivity contribution in [3.05, 3.63) is 66.0 Å². The molecule has 0 saturated carbocycles. The molecule has 0 heterocycles. The highest BCUT2D eigenvalue weighted by Gasteiger charge is 2.24. The molecule has 28 heavy (non-hydrogen) atoms. The predicted molar refractivity (Wildman–Crippen MR) is 100 cm³/mol. The van der Waals surface area contributed by atoms with Gasteiger partial charge in [-0.2, -0.15) is 4.72 Å². The van der Waals surface area contributed by atoms with Gasteiger partial charge in [0.2, 0.25) is 10.0 Å². The fourth-order valence-electron chi connectivity index (χ4n) is 2.28. The predicted octanol–water partition coefficient (Wildman–Crippen LogP) is 1.69. The van der Waals surface area contributed by atoms with Gasteiger partial charge in [0.05, 0.1) is 4.90 Å². The number of ether oxygens (including phenoxy) is 1. The summed E-state index contributed by atoms with van der Waals surface area (Å²) in [6, 6.07) is 12.2. The number of carbonyl (C=O) groups excluding carboxylic acids is 2. The third-order valence-electron chi connectivity index (χ3n) is 3.84. The monoisotopic (exact) mass is 408 g/mol. The summed E-state index contributed by atoms with van der Waals surface area (Å²) < 4.78 is 44.3. The third-order valence-corrected chi connectivity index (χ3v) is 5.39. The summed E-state index contributed by atoms with van der Waals surface area (Å²) >= 11 is 0. The Balaban J connectivity index is 1.86. The highest BCUT2D eigenvalue weighted by molar-refractivity contribution is 7.89. The Labute approximate surface area is 163 Å². The van der Waals surface area contributed by atoms with Crippen molar-refractivity contribution >= 4 is 21.9 Å². The maximum absolute atomic E-state index is 12.9. The number of sulfonamides is 1. The molecule has 0 fully saturated rings. The summed E-state index contributed by atoms with van der Waals surface area (Å²) in [6.45, 7) is 1.14. The van der Waals surface area contributed by atoms with Gasteiger partial charge in [0, 0.05) is 13.6 Å². The number of hydrogen-bond acceptors (Lipinski definition) is 5. The highest BCUT2D eigenvalue weighted by Crippen LogP contribution is 2.10. The van der Waals surface area contributed by atoms with Crippen LogP contribution in [0.15, 0.2) is 59.5 Å². The quantitative estimate of drug-likeness (QED) is 0.671. The first-order valence-electron chi connectivity index (χ1n) is 8.41. The lowest BCUT2D eigenvalue weighted by molar-refractivity contribution is -0.152. The van der Waals surface area contributed by atoms with Crippen LogP contribution in [0.5, 0.6) is 0 Å². The molecule has 0 unspecified atom stereocenters. The van der Waals surface area contributed by atoms with Crippen LogP contribution in [0, 0.1) is 5.82 Å². The van der Waals surface area contributed by atoms with Gasteiger partial charge in [-0.05, 0) is 36.8 Å². The van der Waals surface area contributed by atoms with Crippen LogP contribution in [0.4, 0.5) is 4.39 Å². The number of amides is 1. The minimum Gasteiger partial charge on any atom is -0.454 e. The Morgan fingerprint density at radius 1 is 1.11 bits per heavy atom. The van der Waals surface area contributed by atoms with E-state index >= 15 is 0 Å². The Morgan fingerprint density at radius 3 is 2.32 bits per heavy atom. The number of nitrogens with one attached hydrogen (secondary N) is 1. The molecule has 1 amide bonds. The number of halogens is 1. The first-order chi connectivity index (χ1) is 13.2. The number of rotatable bonds is 8. The zero-order valence-electron chi connectivity index (χ0n) is 15.5. The van der Waals surface area contributed by atoms with E-state index in [1.165, 1.54) is 11.8 Å². The minimum atomic E-state index is -4.03. The zero-order chi connectivity index (χ0) is 20.7. The zero-order valence-corrected chi connectivity index (χ0v) is 16.3. The second kappa shape index (κ2) is 9.43. The molecule has 0 aliphatic heterocycles. The minimum absolute atomic E-state index is 0.188. The van der Waals surface area contributed by atoms with E-state index in [9.17, 15) is 22.4 Å². The van der Waals surface area contributed by atoms with Crippen LogP contribution in [-0.2, 0) is 30.9 Å². The molecular weight excluding hydrogens is 387 g/mol. The summed E-state index contributed by atoms with van der Waals surface area (Å²) in [4.78, 5) is 25.3. The van der Waals surface area contributed by atoms with Crippen LogP contribution in [-0.4, -0.2) is 44.9 Å². The van der Waals surface area contributed by atoms with Gasteiger partial charge in [0.15, 0.2) is 6.61 Å². The molecule has 1 N–H and O–H groups in total. The SMILES string of the molecule is C[C@H](NS(=O)(=O)c1ccc(F)cc1)C(=O)OCC(=O)N(C)Cc1ccccc1. The number of likely N-dealkylation sites (N-methyl/N-ethyl adjacent to an activating group) is 1. The van der Waals surface area contributed by atoms with Crippen LogP contribution in [0.3, 0.4) is 0 Å². The molecule has 0 bridgehead atoms. The Bertz CT molecular complexity index is 917. The fourth-order valence-corrected chi connectivity index (χ4v) is 3.47. The molecule has 0 aliphatic rings. The maximum Gasteiger partial charge on any atom is 0.324 e. The molecular formula is C19H21FN2O5S. The molecule has 0 spiro atoms. The lowest BCUT2D eigenvalue weighted by atomic mass is 10.2. The Kier molecular flexibility index (Phi) is 7.24. The van der Waals surface area contributed by atoms with E-state index in [-0.39, 0.29) is 4.90 Å². The number of nitrogens with zero attached hydrogens (tertiary/aromatic N) is 1. The van der Waals surface area contributed by atoms with Gasteiger partial charge in [0.25, 0.3) is 5.91 Å². The smallest absolute Gasteiger partial charge is 0.324 e. The molecule has 0 aliphatic carbocycles. The van der Waals surface area contributed by atoms with Crippen molar-refractivity contribution in [1.82, 2.24) is 9.62 Å². The molecule has 9 heteroatoms. The molecule has 2 aromatic carbocycles. The molecule has 2 rings (SSSR count). The first kappa shape index (κ1) is 21.5. The van der Waals surface area contributed by atoms with E-state index < -0.39 is 40.4 Å². The number of benzene rings is 2. The Hall–Kier alpha value is -2.78. The van der Waals surface area contributed by atoms with Crippen LogP contribution in [0.2, 0.25) is 0 Å². The second-order valence-electron chi connectivity index (χ2n) is 6.14. The normalized spacial score (nSPS) is 12.2. The number of carbonyl (C=O) groups is 2. The van der Waals surface area contributed by atoms with Crippen LogP contribution in [0.25, 0.3) is 0 Å². The molecule has 0 saturated heterocycles. The average molecular weight is 408 g/mol. The molecule has 0 aromatic heterocycles. The van der Waals surface area contributed by atoms with Crippen molar-refractivity contribution in [2.45, 2.75) is 24.4 Å². The standard InChI is InChI=1S/C19H21FN2O5S/c1-14(21-28(25,26)17-10-8-16(20)9-11-17)19(24)27-13-18(23)22(2)12-15-6-4-3-5-7-15/h3-11,14,21H,12-13H2,1-2H3/t14-/m0/s1. The van der Waals surface area contributed by atoms with Crippen LogP contribution >= 0.6 is 0 Å². The van der Waals surface area contributed by atoms with Crippen molar-refractivity contribution in [3.63, 3.8) is 0 Å². The number of hydrogen-bond donors (Lipinski definition) is 1. The van der Waals surface area contributed by atoms with Crippen molar-refractivity contribution in [2.75, 3.05) is 13.7 Å². The van der Waals surface area contributed by atoms with E-state index in [1.807, 2.05) is 30.3 Å². The van der Waals surface area contributed by atoms with E-state index in [1.54, 1.807) is 7.05 Å². The summed E-state index contributed by atoms with van der Waals surface area (Å²) in [7, 11) is -2.46. The van der Waals surface area contributed by atoms with Gasteiger partial charge in [0.1, 0.15) is 11.9 Å². The van der Waals surface area contributed by atoms with Crippen molar-refractivity contribution in [2.24, 2.45) is 0 Å². The van der Waals surface area contributed by atoms with Crippen molar-refractivity contribution in [3.8, 4) is 0 Å². The third kappa shape index (κ3) is 6.14. The van der Waals surface area contributed by atoms with Gasteiger partial charge in [-0.15, -0.1) is 0 Å². The average Bonchev–Trinajstić information content (AvgIpc) is 2.66. The summed E-state index contributed by atoms with van der Waals surface area (Å²) in [6.07, 6.45) is 0. The van der Waals surface area contributed by atoms with Gasteiger partial charge in [-0.25, -0.2) is 12.8 Å². The van der Waals surface area contributed by atoms with E-state index in [0.29, 0.717) is 6.54 Å². The largest absolute Gasteiger partial charge is 0.454 e. The lowest BCUT2D eigenvalue weighted by Gasteiger charge is -2.18. The highest BCUT2D eigenvalue weighted by atomic mass is 32.2. The lowest BCUT2D eigenvalue weighted by Crippen LogP contribution is -2.41. The van der Waals surface area contributed by atoms with Gasteiger partial charge < -0.3 is 9.64 Å². The molecule has 2 aromatic rings. The van der Waals surface area contributed by atoms with Gasteiger partial charge in [-0.1, -0.05) is 30.3 Å². The first-order valence-corrected chi connectivity index (χ1v) is 9.90. The van der Waals surface area contributed by atoms with Crippen molar-refractivity contribution < 1.29 is 27.1 Å².